The van der Waals surface area contributed by atoms with Crippen molar-refractivity contribution >= 4 is 0 Å². The number of benzene rings is 1. The second kappa shape index (κ2) is 4.94. The highest BCUT2D eigenvalue weighted by Crippen LogP contribution is 2.27. The number of hydrogen-bond acceptors (Lipinski definition) is 4. The highest BCUT2D eigenvalue weighted by molar-refractivity contribution is 5.60. The molecule has 5 heteroatoms. The first-order chi connectivity index (χ1) is 9.72. The third kappa shape index (κ3) is 1.92. The highest BCUT2D eigenvalue weighted by atomic mass is 16.3. The van der Waals surface area contributed by atoms with Crippen molar-refractivity contribution in [3.63, 3.8) is 0 Å². The van der Waals surface area contributed by atoms with Gasteiger partial charge in [0.15, 0.2) is 5.76 Å². The van der Waals surface area contributed by atoms with Gasteiger partial charge in [-0.2, -0.15) is 0 Å². The molecule has 1 N–H and O–H groups in total. The number of rotatable bonds is 3. The molecule has 0 aliphatic heterocycles. The van der Waals surface area contributed by atoms with Crippen molar-refractivity contribution in [2.75, 3.05) is 0 Å². The van der Waals surface area contributed by atoms with Crippen LogP contribution in [0.15, 0.2) is 41.0 Å². The summed E-state index contributed by atoms with van der Waals surface area (Å²) in [5, 5.41) is 17.6. The van der Waals surface area contributed by atoms with E-state index in [2.05, 4.69) is 23.3 Å². The summed E-state index contributed by atoms with van der Waals surface area (Å²) in [6.45, 7) is 3.91. The quantitative estimate of drug-likeness (QED) is 0.794. The van der Waals surface area contributed by atoms with Crippen LogP contribution in [0, 0.1) is 13.8 Å². The molecule has 0 fully saturated rings. The van der Waals surface area contributed by atoms with E-state index in [1.165, 1.54) is 5.56 Å². The number of aliphatic hydroxyl groups excluding tert-OH is 1. The molecule has 0 atom stereocenters. The van der Waals surface area contributed by atoms with Crippen LogP contribution in [0.3, 0.4) is 0 Å². The van der Waals surface area contributed by atoms with Gasteiger partial charge in [-0.1, -0.05) is 17.3 Å². The topological polar surface area (TPSA) is 64.1 Å². The van der Waals surface area contributed by atoms with Gasteiger partial charge in [0.1, 0.15) is 11.4 Å². The third-order valence-corrected chi connectivity index (χ3v) is 3.45. The zero-order valence-corrected chi connectivity index (χ0v) is 11.4. The second-order valence-electron chi connectivity index (χ2n) is 4.65. The van der Waals surface area contributed by atoms with Crippen LogP contribution in [0.5, 0.6) is 0 Å². The molecule has 0 bridgehead atoms. The third-order valence-electron chi connectivity index (χ3n) is 3.45. The van der Waals surface area contributed by atoms with E-state index in [0.29, 0.717) is 17.1 Å². The molecule has 0 aliphatic rings. The van der Waals surface area contributed by atoms with Crippen molar-refractivity contribution < 1.29 is 9.52 Å². The first kappa shape index (κ1) is 12.6. The molecule has 0 amide bonds. The average Bonchev–Trinajstić information content (AvgIpc) is 3.09. The minimum absolute atomic E-state index is 0.180. The van der Waals surface area contributed by atoms with Crippen LogP contribution in [0.2, 0.25) is 0 Å². The molecule has 5 nitrogen and oxygen atoms in total. The Morgan fingerprint density at radius 2 is 2.05 bits per heavy atom. The van der Waals surface area contributed by atoms with E-state index < -0.39 is 0 Å². The van der Waals surface area contributed by atoms with Crippen LogP contribution in [0.4, 0.5) is 0 Å². The maximum atomic E-state index is 9.44. The lowest BCUT2D eigenvalue weighted by molar-refractivity contribution is 0.277. The summed E-state index contributed by atoms with van der Waals surface area (Å²) in [5.74, 6) is 0.639. The molecule has 0 saturated heterocycles. The highest BCUT2D eigenvalue weighted by Gasteiger charge is 2.19. The summed E-state index contributed by atoms with van der Waals surface area (Å²) < 4.78 is 7.16. The molecule has 3 rings (SSSR count). The monoisotopic (exact) mass is 269 g/mol. The van der Waals surface area contributed by atoms with Crippen molar-refractivity contribution in [2.45, 2.75) is 20.5 Å². The molecule has 20 heavy (non-hydrogen) atoms. The van der Waals surface area contributed by atoms with Crippen LogP contribution >= 0.6 is 0 Å². The molecule has 1 aromatic carbocycles. The number of nitrogens with zero attached hydrogens (tertiary/aromatic N) is 3. The van der Waals surface area contributed by atoms with Gasteiger partial charge in [0, 0.05) is 0 Å². The van der Waals surface area contributed by atoms with E-state index in [1.54, 1.807) is 17.0 Å². The molecular weight excluding hydrogens is 254 g/mol. The van der Waals surface area contributed by atoms with E-state index in [1.807, 2.05) is 25.1 Å². The van der Waals surface area contributed by atoms with Gasteiger partial charge in [-0.05, 0) is 43.2 Å². The Kier molecular flexibility index (Phi) is 3.12. The molecule has 0 unspecified atom stereocenters. The molecule has 2 aromatic heterocycles. The smallest absolute Gasteiger partial charge is 0.154 e. The van der Waals surface area contributed by atoms with Crippen LogP contribution in [-0.2, 0) is 6.61 Å². The molecule has 3 aromatic rings. The largest absolute Gasteiger partial charge is 0.463 e. The Morgan fingerprint density at radius 1 is 1.20 bits per heavy atom. The lowest BCUT2D eigenvalue weighted by atomic mass is 10.1. The molecule has 102 valence electrons. The molecule has 0 aliphatic carbocycles. The standard InChI is InChI=1S/C15H15N3O2/c1-10-5-3-6-13(11(10)2)18-15(12(9-19)16-17-18)14-7-4-8-20-14/h3-8,19H,9H2,1-2H3. The van der Waals surface area contributed by atoms with E-state index >= 15 is 0 Å². The molecule has 2 heterocycles. The van der Waals surface area contributed by atoms with Crippen LogP contribution < -0.4 is 0 Å². The van der Waals surface area contributed by atoms with E-state index in [4.69, 9.17) is 4.42 Å². The van der Waals surface area contributed by atoms with Crippen molar-refractivity contribution in [2.24, 2.45) is 0 Å². The van der Waals surface area contributed by atoms with Gasteiger partial charge in [0.2, 0.25) is 0 Å². The summed E-state index contributed by atoms with van der Waals surface area (Å²) in [6.07, 6.45) is 1.59. The second-order valence-corrected chi connectivity index (χ2v) is 4.65. The van der Waals surface area contributed by atoms with Gasteiger partial charge in [-0.15, -0.1) is 5.10 Å². The van der Waals surface area contributed by atoms with Gasteiger partial charge in [-0.25, -0.2) is 4.68 Å². The summed E-state index contributed by atoms with van der Waals surface area (Å²) >= 11 is 0. The summed E-state index contributed by atoms with van der Waals surface area (Å²) in [5.41, 5.74) is 4.42. The van der Waals surface area contributed by atoms with Gasteiger partial charge in [0.25, 0.3) is 0 Å². The average molecular weight is 269 g/mol. The number of hydrogen-bond donors (Lipinski definition) is 1. The van der Waals surface area contributed by atoms with Crippen LogP contribution in [0.1, 0.15) is 16.8 Å². The fourth-order valence-corrected chi connectivity index (χ4v) is 2.21. The molecule has 0 spiro atoms. The SMILES string of the molecule is Cc1cccc(-n2nnc(CO)c2-c2ccco2)c1C. The maximum absolute atomic E-state index is 9.44. The normalized spacial score (nSPS) is 10.9. The van der Waals surface area contributed by atoms with Crippen LogP contribution in [-0.4, -0.2) is 20.1 Å². The Balaban J connectivity index is 2.25. The summed E-state index contributed by atoms with van der Waals surface area (Å²) in [6, 6.07) is 9.64. The van der Waals surface area contributed by atoms with E-state index in [9.17, 15) is 5.11 Å². The zero-order chi connectivity index (χ0) is 14.1. The number of aryl methyl sites for hydroxylation is 1. The number of aliphatic hydroxyl groups is 1. The molecule has 0 saturated carbocycles. The Labute approximate surface area is 116 Å². The molecular formula is C15H15N3O2. The maximum Gasteiger partial charge on any atom is 0.154 e. The predicted molar refractivity (Wildman–Crippen MR) is 74.5 cm³/mol. The van der Waals surface area contributed by atoms with Gasteiger partial charge in [-0.3, -0.25) is 0 Å². The number of furan rings is 1. The molecule has 0 radical (unpaired) electrons. The van der Waals surface area contributed by atoms with E-state index in [0.717, 1.165) is 11.3 Å². The lowest BCUT2D eigenvalue weighted by Crippen LogP contribution is -2.03. The summed E-state index contributed by atoms with van der Waals surface area (Å²) in [4.78, 5) is 0. The first-order valence-electron chi connectivity index (χ1n) is 6.38. The Morgan fingerprint density at radius 3 is 2.75 bits per heavy atom. The summed E-state index contributed by atoms with van der Waals surface area (Å²) in [7, 11) is 0. The van der Waals surface area contributed by atoms with Crippen LogP contribution in [0.25, 0.3) is 17.1 Å². The predicted octanol–water partition coefficient (Wildman–Crippen LogP) is 2.64. The Hall–Kier alpha value is -2.40. The lowest BCUT2D eigenvalue weighted by Gasteiger charge is -2.10. The minimum Gasteiger partial charge on any atom is -0.463 e. The minimum atomic E-state index is -0.180. The van der Waals surface area contributed by atoms with Crippen molar-refractivity contribution in [3.8, 4) is 17.1 Å². The van der Waals surface area contributed by atoms with Gasteiger partial charge < -0.3 is 9.52 Å². The van der Waals surface area contributed by atoms with Crippen molar-refractivity contribution in [1.29, 1.82) is 0 Å². The van der Waals surface area contributed by atoms with Gasteiger partial charge in [0.05, 0.1) is 18.6 Å². The fraction of sp³-hybridized carbons (Fsp3) is 0.200. The fourth-order valence-electron chi connectivity index (χ4n) is 2.21. The van der Waals surface area contributed by atoms with Gasteiger partial charge >= 0.3 is 0 Å². The van der Waals surface area contributed by atoms with E-state index in [-0.39, 0.29) is 6.61 Å². The zero-order valence-electron chi connectivity index (χ0n) is 11.4. The Bertz CT molecular complexity index is 730. The van der Waals surface area contributed by atoms with Crippen molar-refractivity contribution in [1.82, 2.24) is 15.0 Å². The van der Waals surface area contributed by atoms with Crippen molar-refractivity contribution in [3.05, 3.63) is 53.4 Å². The first-order valence-corrected chi connectivity index (χ1v) is 6.38. The number of aromatic nitrogens is 3.